The van der Waals surface area contributed by atoms with Crippen LogP contribution in [0.5, 0.6) is 0 Å². The van der Waals surface area contributed by atoms with Gasteiger partial charge in [-0.1, -0.05) is 29.3 Å². The van der Waals surface area contributed by atoms with E-state index >= 15 is 0 Å². The van der Waals surface area contributed by atoms with E-state index in [-0.39, 0.29) is 11.9 Å². The van der Waals surface area contributed by atoms with Crippen molar-refractivity contribution < 1.29 is 4.79 Å². The molecule has 5 nitrogen and oxygen atoms in total. The van der Waals surface area contributed by atoms with E-state index in [1.807, 2.05) is 0 Å². The number of amides is 1. The maximum atomic E-state index is 12.2. The van der Waals surface area contributed by atoms with Gasteiger partial charge in [0.05, 0.1) is 12.7 Å². The molecule has 1 aromatic carbocycles. The van der Waals surface area contributed by atoms with Gasteiger partial charge in [-0.2, -0.15) is 5.10 Å². The number of hydrogen-bond donors (Lipinski definition) is 2. The van der Waals surface area contributed by atoms with Crippen LogP contribution in [0, 0.1) is 0 Å². The number of benzene rings is 1. The van der Waals surface area contributed by atoms with Gasteiger partial charge in [0.1, 0.15) is 5.82 Å². The first-order valence-corrected chi connectivity index (χ1v) is 8.37. The molecule has 1 fully saturated rings. The van der Waals surface area contributed by atoms with Gasteiger partial charge in [-0.3, -0.25) is 4.79 Å². The number of carbonyl (C=O) groups is 1. The minimum absolute atomic E-state index is 0.0172. The quantitative estimate of drug-likeness (QED) is 0.867. The zero-order valence-corrected chi connectivity index (χ0v) is 14.1. The Kier molecular flexibility index (Phi) is 5.20. The highest BCUT2D eigenvalue weighted by Crippen LogP contribution is 2.26. The topological polar surface area (TPSA) is 59.0 Å². The first-order valence-electron chi connectivity index (χ1n) is 7.61. The number of carbonyl (C=O) groups excluding carboxylic acids is 1. The Bertz CT molecular complexity index is 675. The van der Waals surface area contributed by atoms with E-state index in [1.54, 1.807) is 35.1 Å². The number of anilines is 1. The number of hydrogen-bond acceptors (Lipinski definition) is 3. The Morgan fingerprint density at radius 1 is 1.35 bits per heavy atom. The number of aromatic nitrogens is 2. The van der Waals surface area contributed by atoms with Crippen molar-refractivity contribution in [2.75, 3.05) is 11.9 Å². The van der Waals surface area contributed by atoms with Gasteiger partial charge in [0.15, 0.2) is 0 Å². The number of nitrogens with one attached hydrogen (secondary N) is 2. The molecule has 122 valence electrons. The van der Waals surface area contributed by atoms with Crippen molar-refractivity contribution in [3.05, 3.63) is 46.1 Å². The van der Waals surface area contributed by atoms with Crippen molar-refractivity contribution >= 4 is 34.9 Å². The molecular weight excluding hydrogens is 335 g/mol. The second-order valence-corrected chi connectivity index (χ2v) is 6.43. The molecule has 3 rings (SSSR count). The molecule has 1 unspecified atom stereocenters. The highest BCUT2D eigenvalue weighted by Gasteiger charge is 2.18. The maximum Gasteiger partial charge on any atom is 0.227 e. The van der Waals surface area contributed by atoms with E-state index in [0.717, 1.165) is 24.9 Å². The lowest BCUT2D eigenvalue weighted by molar-refractivity contribution is -0.116. The lowest BCUT2D eigenvalue weighted by Crippen LogP contribution is -2.28. The van der Waals surface area contributed by atoms with E-state index in [1.165, 1.54) is 0 Å². The predicted octanol–water partition coefficient (Wildman–Crippen LogP) is 3.32. The summed E-state index contributed by atoms with van der Waals surface area (Å²) < 4.78 is 1.69. The van der Waals surface area contributed by atoms with Crippen LogP contribution >= 0.6 is 23.2 Å². The SMILES string of the molecule is O=C(CC1CCCN1)Nc1ccnn1Cc1c(Cl)cccc1Cl. The lowest BCUT2D eigenvalue weighted by Gasteiger charge is -2.13. The van der Waals surface area contributed by atoms with Gasteiger partial charge < -0.3 is 10.6 Å². The van der Waals surface area contributed by atoms with Crippen LogP contribution < -0.4 is 10.6 Å². The molecule has 0 bridgehead atoms. The van der Waals surface area contributed by atoms with Crippen molar-refractivity contribution in [2.45, 2.75) is 31.8 Å². The minimum Gasteiger partial charge on any atom is -0.313 e. The Hall–Kier alpha value is -1.56. The minimum atomic E-state index is -0.0172. The Morgan fingerprint density at radius 2 is 2.13 bits per heavy atom. The molecule has 23 heavy (non-hydrogen) atoms. The molecule has 0 aliphatic carbocycles. The molecule has 2 aromatic rings. The molecular formula is C16H18Cl2N4O. The summed E-state index contributed by atoms with van der Waals surface area (Å²) in [5.74, 6) is 0.625. The van der Waals surface area contributed by atoms with Crippen molar-refractivity contribution in [3.8, 4) is 0 Å². The van der Waals surface area contributed by atoms with Crippen LogP contribution in [-0.4, -0.2) is 28.3 Å². The largest absolute Gasteiger partial charge is 0.313 e. The first-order chi connectivity index (χ1) is 11.1. The van der Waals surface area contributed by atoms with E-state index in [2.05, 4.69) is 15.7 Å². The van der Waals surface area contributed by atoms with Crippen LogP contribution in [0.4, 0.5) is 5.82 Å². The van der Waals surface area contributed by atoms with Gasteiger partial charge in [0.25, 0.3) is 0 Å². The Labute approximate surface area is 145 Å². The third-order valence-electron chi connectivity index (χ3n) is 3.95. The third kappa shape index (κ3) is 4.05. The molecule has 7 heteroatoms. The molecule has 0 saturated carbocycles. The number of nitrogens with zero attached hydrogens (tertiary/aromatic N) is 2. The van der Waals surface area contributed by atoms with Crippen LogP contribution in [0.3, 0.4) is 0 Å². The summed E-state index contributed by atoms with van der Waals surface area (Å²) in [5.41, 5.74) is 0.785. The number of halogens is 2. The molecule has 1 aliphatic heterocycles. The van der Waals surface area contributed by atoms with E-state index < -0.39 is 0 Å². The third-order valence-corrected chi connectivity index (χ3v) is 4.66. The second kappa shape index (κ2) is 7.34. The normalized spacial score (nSPS) is 17.4. The van der Waals surface area contributed by atoms with E-state index in [0.29, 0.717) is 28.8 Å². The standard InChI is InChI=1S/C16H18Cl2N4O/c17-13-4-1-5-14(18)12(13)10-22-15(6-8-20-22)21-16(23)9-11-3-2-7-19-11/h1,4-6,8,11,19H,2-3,7,9-10H2,(H,21,23). The average Bonchev–Trinajstić information content (AvgIpc) is 3.15. The smallest absolute Gasteiger partial charge is 0.227 e. The highest BCUT2D eigenvalue weighted by atomic mass is 35.5. The molecule has 0 radical (unpaired) electrons. The molecule has 1 aliphatic rings. The molecule has 1 saturated heterocycles. The second-order valence-electron chi connectivity index (χ2n) is 5.62. The molecule has 2 N–H and O–H groups in total. The average molecular weight is 353 g/mol. The predicted molar refractivity (Wildman–Crippen MR) is 92.1 cm³/mol. The van der Waals surface area contributed by atoms with Crippen LogP contribution in [0.15, 0.2) is 30.5 Å². The summed E-state index contributed by atoms with van der Waals surface area (Å²) in [6, 6.07) is 7.41. The van der Waals surface area contributed by atoms with Gasteiger partial charge in [0, 0.05) is 34.1 Å². The number of rotatable bonds is 5. The van der Waals surface area contributed by atoms with Crippen molar-refractivity contribution in [2.24, 2.45) is 0 Å². The Morgan fingerprint density at radius 3 is 2.83 bits per heavy atom. The summed E-state index contributed by atoms with van der Waals surface area (Å²) in [7, 11) is 0. The fourth-order valence-electron chi connectivity index (χ4n) is 2.75. The van der Waals surface area contributed by atoms with E-state index in [9.17, 15) is 4.79 Å². The van der Waals surface area contributed by atoms with Gasteiger partial charge in [-0.15, -0.1) is 0 Å². The first kappa shape index (κ1) is 16.3. The van der Waals surface area contributed by atoms with Gasteiger partial charge in [0.2, 0.25) is 5.91 Å². The van der Waals surface area contributed by atoms with Crippen LogP contribution in [0.2, 0.25) is 10.0 Å². The van der Waals surface area contributed by atoms with Crippen molar-refractivity contribution in [1.29, 1.82) is 0 Å². The zero-order valence-electron chi connectivity index (χ0n) is 12.6. The summed E-state index contributed by atoms with van der Waals surface area (Å²) in [6.07, 6.45) is 4.29. The fourth-order valence-corrected chi connectivity index (χ4v) is 3.26. The monoisotopic (exact) mass is 352 g/mol. The maximum absolute atomic E-state index is 12.2. The molecule has 1 amide bonds. The summed E-state index contributed by atoms with van der Waals surface area (Å²) in [6.45, 7) is 1.39. The highest BCUT2D eigenvalue weighted by molar-refractivity contribution is 6.35. The molecule has 2 heterocycles. The lowest BCUT2D eigenvalue weighted by atomic mass is 10.1. The fraction of sp³-hybridized carbons (Fsp3) is 0.375. The van der Waals surface area contributed by atoms with Crippen LogP contribution in [0.25, 0.3) is 0 Å². The van der Waals surface area contributed by atoms with Crippen LogP contribution in [0.1, 0.15) is 24.8 Å². The van der Waals surface area contributed by atoms with E-state index in [4.69, 9.17) is 23.2 Å². The molecule has 1 atom stereocenters. The van der Waals surface area contributed by atoms with Gasteiger partial charge in [-0.05, 0) is 31.5 Å². The van der Waals surface area contributed by atoms with Gasteiger partial charge >= 0.3 is 0 Å². The summed E-state index contributed by atoms with van der Waals surface area (Å²) in [5, 5.41) is 11.6. The zero-order chi connectivity index (χ0) is 16.2. The van der Waals surface area contributed by atoms with Crippen molar-refractivity contribution in [3.63, 3.8) is 0 Å². The van der Waals surface area contributed by atoms with Gasteiger partial charge in [-0.25, -0.2) is 4.68 Å². The Balaban J connectivity index is 1.68. The molecule has 1 aromatic heterocycles. The van der Waals surface area contributed by atoms with Crippen LogP contribution in [-0.2, 0) is 11.3 Å². The molecule has 0 spiro atoms. The summed E-state index contributed by atoms with van der Waals surface area (Å²) in [4.78, 5) is 12.2. The van der Waals surface area contributed by atoms with Crippen molar-refractivity contribution in [1.82, 2.24) is 15.1 Å². The summed E-state index contributed by atoms with van der Waals surface area (Å²) >= 11 is 12.4.